The molecule has 0 saturated heterocycles. The Morgan fingerprint density at radius 1 is 1.19 bits per heavy atom. The molecule has 1 rings (SSSR count). The maximum Gasteiger partial charge on any atom is 0.346 e. The average Bonchev–Trinajstić information content (AvgIpc) is 2.43. The van der Waals surface area contributed by atoms with Crippen LogP contribution in [-0.4, -0.2) is 30.0 Å². The van der Waals surface area contributed by atoms with Crippen LogP contribution in [0.2, 0.25) is 0 Å². The summed E-state index contributed by atoms with van der Waals surface area (Å²) in [4.78, 5) is 23.8. The average molecular weight is 310 g/mol. The van der Waals surface area contributed by atoms with E-state index in [1.807, 2.05) is 51.1 Å². The van der Waals surface area contributed by atoms with Crippen molar-refractivity contribution in [3.63, 3.8) is 0 Å². The van der Waals surface area contributed by atoms with Gasteiger partial charge in [0, 0.05) is 14.1 Å². The molecule has 116 valence electrons. The number of carbonyl (C=O) groups is 2. The molecular weight excluding hydrogens is 287 g/mol. The van der Waals surface area contributed by atoms with Crippen LogP contribution in [0.1, 0.15) is 33.3 Å². The minimum Gasteiger partial charge on any atom is -0.466 e. The molecule has 4 nitrogen and oxygen atoms in total. The van der Waals surface area contributed by atoms with Crippen molar-refractivity contribution in [3.8, 4) is 0 Å². The monoisotopic (exact) mass is 310 g/mol. The lowest BCUT2D eigenvalue weighted by atomic mass is 10.2. The zero-order chi connectivity index (χ0) is 16.0. The van der Waals surface area contributed by atoms with E-state index in [9.17, 15) is 9.59 Å². The number of methoxy groups -OCH3 is 1. The summed E-state index contributed by atoms with van der Waals surface area (Å²) in [6, 6.07) is 9.85. The van der Waals surface area contributed by atoms with Gasteiger partial charge >= 0.3 is 11.7 Å². The van der Waals surface area contributed by atoms with Crippen LogP contribution in [0.5, 0.6) is 0 Å². The van der Waals surface area contributed by atoms with Crippen molar-refractivity contribution in [2.24, 2.45) is 0 Å². The number of esters is 1. The van der Waals surface area contributed by atoms with Crippen molar-refractivity contribution >= 4 is 19.6 Å². The Morgan fingerprint density at radius 3 is 2.24 bits per heavy atom. The molecule has 0 N–H and O–H groups in total. The molecule has 0 bridgehead atoms. The normalized spacial score (nSPS) is 14.1. The summed E-state index contributed by atoms with van der Waals surface area (Å²) >= 11 is 0. The summed E-state index contributed by atoms with van der Waals surface area (Å²) in [5.41, 5.74) is 0.792. The molecule has 0 aliphatic heterocycles. The maximum atomic E-state index is 12.4. The SMILES string of the molecule is COC(=O)C(C)OC(=O)P(Cc1ccccc1)C(C)(C)C. The van der Waals surface area contributed by atoms with Gasteiger partial charge in [-0.25, -0.2) is 9.59 Å². The number of hydrogen-bond donors (Lipinski definition) is 0. The third-order valence-corrected chi connectivity index (χ3v) is 5.87. The molecule has 2 unspecified atom stereocenters. The minimum absolute atomic E-state index is 0.196. The van der Waals surface area contributed by atoms with Gasteiger partial charge < -0.3 is 9.47 Å². The standard InChI is InChI=1S/C16H23O4P/c1-12(14(17)19-5)20-15(18)21(16(2,3)4)11-13-9-7-6-8-10-13/h6-10,12H,11H2,1-5H3. The van der Waals surface area contributed by atoms with Crippen LogP contribution in [-0.2, 0) is 20.4 Å². The van der Waals surface area contributed by atoms with Gasteiger partial charge in [-0.15, -0.1) is 0 Å². The van der Waals surface area contributed by atoms with Crippen LogP contribution >= 0.6 is 7.92 Å². The summed E-state index contributed by atoms with van der Waals surface area (Å²) in [6.07, 6.45) is -0.225. The lowest BCUT2D eigenvalue weighted by Gasteiger charge is -2.30. The van der Waals surface area contributed by atoms with Gasteiger partial charge in [0.2, 0.25) is 0 Å². The lowest BCUT2D eigenvalue weighted by Crippen LogP contribution is -2.27. The highest BCUT2D eigenvalue weighted by atomic mass is 31.1. The summed E-state index contributed by atoms with van der Waals surface area (Å²) in [5.74, 6) is -0.535. The van der Waals surface area contributed by atoms with E-state index in [-0.39, 0.29) is 10.9 Å². The smallest absolute Gasteiger partial charge is 0.346 e. The number of rotatable bonds is 5. The molecule has 5 heteroatoms. The van der Waals surface area contributed by atoms with Crippen molar-refractivity contribution in [3.05, 3.63) is 35.9 Å². The van der Waals surface area contributed by atoms with Gasteiger partial charge in [0.05, 0.1) is 7.11 Å². The first-order valence-corrected chi connectivity index (χ1v) is 8.38. The van der Waals surface area contributed by atoms with Crippen LogP contribution in [0.15, 0.2) is 30.3 Å². The van der Waals surface area contributed by atoms with Gasteiger partial charge in [-0.05, 0) is 17.6 Å². The van der Waals surface area contributed by atoms with Crippen molar-refractivity contribution in [1.29, 1.82) is 0 Å². The molecule has 0 heterocycles. The second kappa shape index (κ2) is 7.56. The highest BCUT2D eigenvalue weighted by Crippen LogP contribution is 2.53. The Balaban J connectivity index is 2.83. The number of benzene rings is 1. The summed E-state index contributed by atoms with van der Waals surface area (Å²) in [6.45, 7) is 7.59. The van der Waals surface area contributed by atoms with Gasteiger partial charge in [0.25, 0.3) is 0 Å². The predicted octanol–water partition coefficient (Wildman–Crippen LogP) is 4.17. The first-order valence-electron chi connectivity index (χ1n) is 6.85. The molecule has 0 aromatic heterocycles. The molecule has 0 aliphatic carbocycles. The topological polar surface area (TPSA) is 52.6 Å². The molecule has 0 saturated carbocycles. The van der Waals surface area contributed by atoms with Crippen LogP contribution in [0.4, 0.5) is 4.79 Å². The summed E-state index contributed by atoms with van der Waals surface area (Å²) < 4.78 is 9.87. The zero-order valence-electron chi connectivity index (χ0n) is 13.3. The highest BCUT2D eigenvalue weighted by Gasteiger charge is 2.34. The van der Waals surface area contributed by atoms with Crippen LogP contribution in [0.3, 0.4) is 0 Å². The van der Waals surface area contributed by atoms with Gasteiger partial charge in [-0.1, -0.05) is 51.1 Å². The molecule has 1 aromatic carbocycles. The molecule has 1 aromatic rings. The Kier molecular flexibility index (Phi) is 6.35. The molecule has 0 radical (unpaired) electrons. The van der Waals surface area contributed by atoms with Crippen LogP contribution in [0.25, 0.3) is 0 Å². The first kappa shape index (κ1) is 17.6. The van der Waals surface area contributed by atoms with E-state index in [1.165, 1.54) is 14.0 Å². The molecular formula is C16H23O4P. The summed E-state index contributed by atoms with van der Waals surface area (Å²) in [5, 5.41) is -0.196. The molecule has 0 aliphatic rings. The van der Waals surface area contributed by atoms with E-state index in [0.29, 0.717) is 6.16 Å². The summed E-state index contributed by atoms with van der Waals surface area (Å²) in [7, 11) is 0.211. The molecule has 0 spiro atoms. The number of hydrogen-bond acceptors (Lipinski definition) is 4. The fourth-order valence-corrected chi connectivity index (χ4v) is 3.78. The Labute approximate surface area is 127 Å². The van der Waals surface area contributed by atoms with E-state index >= 15 is 0 Å². The van der Waals surface area contributed by atoms with Gasteiger partial charge in [0.15, 0.2) is 6.10 Å². The van der Waals surface area contributed by atoms with Crippen molar-refractivity contribution in [1.82, 2.24) is 0 Å². The van der Waals surface area contributed by atoms with Crippen molar-refractivity contribution in [2.75, 3.05) is 7.11 Å². The Bertz CT molecular complexity index is 479. The van der Waals surface area contributed by atoms with Crippen LogP contribution < -0.4 is 0 Å². The fourth-order valence-electron chi connectivity index (χ4n) is 1.77. The third-order valence-electron chi connectivity index (χ3n) is 3.02. The van der Waals surface area contributed by atoms with Gasteiger partial charge in [0.1, 0.15) is 0 Å². The third kappa shape index (κ3) is 5.47. The van der Waals surface area contributed by atoms with Crippen molar-refractivity contribution in [2.45, 2.75) is 45.1 Å². The second-order valence-corrected chi connectivity index (χ2v) is 8.67. The Hall–Kier alpha value is -1.41. The molecule has 21 heavy (non-hydrogen) atoms. The van der Waals surface area contributed by atoms with E-state index in [2.05, 4.69) is 4.74 Å². The maximum absolute atomic E-state index is 12.4. The van der Waals surface area contributed by atoms with Crippen molar-refractivity contribution < 1.29 is 19.1 Å². The van der Waals surface area contributed by atoms with E-state index in [4.69, 9.17) is 4.74 Å². The minimum atomic E-state index is -1.07. The highest BCUT2D eigenvalue weighted by molar-refractivity contribution is 7.74. The molecule has 2 atom stereocenters. The Morgan fingerprint density at radius 2 is 1.76 bits per heavy atom. The van der Waals surface area contributed by atoms with Crippen LogP contribution in [0, 0.1) is 0 Å². The lowest BCUT2D eigenvalue weighted by molar-refractivity contribution is -0.149. The molecule has 0 amide bonds. The van der Waals surface area contributed by atoms with Gasteiger partial charge in [-0.3, -0.25) is 0 Å². The number of ether oxygens (including phenoxy) is 2. The van der Waals surface area contributed by atoms with E-state index in [1.54, 1.807) is 0 Å². The first-order chi connectivity index (χ1) is 9.75. The zero-order valence-corrected chi connectivity index (χ0v) is 14.1. The number of carbonyl (C=O) groups excluding carboxylic acids is 2. The second-order valence-electron chi connectivity index (χ2n) is 5.79. The van der Waals surface area contributed by atoms with E-state index in [0.717, 1.165) is 5.56 Å². The molecule has 0 fully saturated rings. The predicted molar refractivity (Wildman–Crippen MR) is 84.8 cm³/mol. The van der Waals surface area contributed by atoms with E-state index < -0.39 is 20.0 Å². The fraction of sp³-hybridized carbons (Fsp3) is 0.500. The van der Waals surface area contributed by atoms with Gasteiger partial charge in [-0.2, -0.15) is 0 Å². The largest absolute Gasteiger partial charge is 0.466 e. The quantitative estimate of drug-likeness (QED) is 0.605.